The molecule has 0 atom stereocenters. The Labute approximate surface area is 112 Å². The summed E-state index contributed by atoms with van der Waals surface area (Å²) in [5.41, 5.74) is 5.07. The summed E-state index contributed by atoms with van der Waals surface area (Å²) < 4.78 is 5.82. The van der Waals surface area contributed by atoms with Crippen molar-refractivity contribution in [3.8, 4) is 10.6 Å². The van der Waals surface area contributed by atoms with Gasteiger partial charge < -0.3 is 4.40 Å². The number of fused-ring (bicyclic) bond motifs is 7. The summed E-state index contributed by atoms with van der Waals surface area (Å²) in [4.78, 5) is 8.50. The second kappa shape index (κ2) is 3.19. The van der Waals surface area contributed by atoms with Crippen LogP contribution in [0.25, 0.3) is 26.3 Å². The molecular weight excluding hydrogens is 256 g/mol. The van der Waals surface area contributed by atoms with Gasteiger partial charge in [0.1, 0.15) is 10.2 Å². The standard InChI is InChI=1S/C14H9N4S/c1-2-15-5-10-9(1)7-18-13-11-6-16-3-4-17(11)8-12(13)19-14(10)18/h1-6,8H,7H2/q+1. The van der Waals surface area contributed by atoms with Crippen LogP contribution in [0.15, 0.2) is 43.2 Å². The summed E-state index contributed by atoms with van der Waals surface area (Å²) in [6, 6.07) is 2.11. The smallest absolute Gasteiger partial charge is 0.272 e. The molecule has 0 N–H and O–H groups in total. The number of aromatic nitrogens is 4. The lowest BCUT2D eigenvalue weighted by Gasteiger charge is -1.90. The Kier molecular flexibility index (Phi) is 1.62. The Morgan fingerprint density at radius 2 is 2.16 bits per heavy atom. The fraction of sp³-hybridized carbons (Fsp3) is 0.0714. The first-order chi connectivity index (χ1) is 9.42. The van der Waals surface area contributed by atoms with Crippen molar-refractivity contribution in [1.29, 1.82) is 0 Å². The highest BCUT2D eigenvalue weighted by molar-refractivity contribution is 7.21. The third-order valence-corrected chi connectivity index (χ3v) is 4.86. The zero-order valence-corrected chi connectivity index (χ0v) is 10.8. The van der Waals surface area contributed by atoms with Crippen molar-refractivity contribution >= 4 is 27.1 Å². The Morgan fingerprint density at radius 1 is 1.21 bits per heavy atom. The number of hydrogen-bond acceptors (Lipinski definition) is 3. The number of rotatable bonds is 0. The van der Waals surface area contributed by atoms with E-state index < -0.39 is 0 Å². The maximum absolute atomic E-state index is 4.25. The average Bonchev–Trinajstić information content (AvgIpc) is 3.05. The van der Waals surface area contributed by atoms with Crippen molar-refractivity contribution in [2.24, 2.45) is 0 Å². The zero-order chi connectivity index (χ0) is 12.4. The molecule has 19 heavy (non-hydrogen) atoms. The summed E-state index contributed by atoms with van der Waals surface area (Å²) in [5, 5.41) is 1.31. The van der Waals surface area contributed by atoms with Crippen LogP contribution in [0, 0.1) is 0 Å². The van der Waals surface area contributed by atoms with E-state index in [1.54, 1.807) is 0 Å². The normalized spacial score (nSPS) is 13.1. The topological polar surface area (TPSA) is 34.1 Å². The van der Waals surface area contributed by atoms with E-state index in [9.17, 15) is 0 Å². The molecule has 0 spiro atoms. The van der Waals surface area contributed by atoms with Gasteiger partial charge in [0.25, 0.3) is 10.5 Å². The molecule has 0 saturated carbocycles. The molecule has 4 nitrogen and oxygen atoms in total. The van der Waals surface area contributed by atoms with Crippen molar-refractivity contribution in [3.05, 3.63) is 48.8 Å². The Morgan fingerprint density at radius 3 is 3.16 bits per heavy atom. The highest BCUT2D eigenvalue weighted by Crippen LogP contribution is 2.36. The van der Waals surface area contributed by atoms with Gasteiger partial charge in [0.05, 0.1) is 11.8 Å². The predicted octanol–water partition coefficient (Wildman–Crippen LogP) is 2.26. The van der Waals surface area contributed by atoms with Crippen LogP contribution in [0.5, 0.6) is 0 Å². The third kappa shape index (κ3) is 1.11. The van der Waals surface area contributed by atoms with E-state index in [-0.39, 0.29) is 0 Å². The summed E-state index contributed by atoms with van der Waals surface area (Å²) >= 11 is 1.83. The van der Waals surface area contributed by atoms with E-state index in [0.29, 0.717) is 0 Å². The molecule has 0 bridgehead atoms. The Hall–Kier alpha value is -2.27. The van der Waals surface area contributed by atoms with E-state index in [0.717, 1.165) is 6.54 Å². The lowest BCUT2D eigenvalue weighted by Crippen LogP contribution is -2.30. The van der Waals surface area contributed by atoms with Gasteiger partial charge in [-0.3, -0.25) is 9.97 Å². The molecule has 90 valence electrons. The van der Waals surface area contributed by atoms with Gasteiger partial charge >= 0.3 is 0 Å². The molecule has 0 amide bonds. The van der Waals surface area contributed by atoms with Crippen LogP contribution in [0.4, 0.5) is 0 Å². The van der Waals surface area contributed by atoms with Gasteiger partial charge in [-0.2, -0.15) is 4.57 Å². The van der Waals surface area contributed by atoms with Gasteiger partial charge in [0.2, 0.25) is 0 Å². The van der Waals surface area contributed by atoms with E-state index in [2.05, 4.69) is 31.2 Å². The fourth-order valence-electron chi connectivity index (χ4n) is 2.86. The van der Waals surface area contributed by atoms with Crippen LogP contribution < -0.4 is 4.57 Å². The lowest BCUT2D eigenvalue weighted by atomic mass is 10.2. The molecule has 0 aromatic carbocycles. The van der Waals surface area contributed by atoms with Gasteiger partial charge in [-0.15, -0.1) is 0 Å². The van der Waals surface area contributed by atoms with Crippen LogP contribution in [0.1, 0.15) is 5.56 Å². The highest BCUT2D eigenvalue weighted by Gasteiger charge is 2.33. The monoisotopic (exact) mass is 265 g/mol. The average molecular weight is 265 g/mol. The summed E-state index contributed by atoms with van der Waals surface area (Å²) in [6.07, 6.45) is 11.8. The van der Waals surface area contributed by atoms with E-state index in [4.69, 9.17) is 0 Å². The fourth-order valence-corrected chi connectivity index (χ4v) is 4.11. The largest absolute Gasteiger partial charge is 0.314 e. The second-order valence-electron chi connectivity index (χ2n) is 4.74. The van der Waals surface area contributed by atoms with Crippen LogP contribution in [-0.2, 0) is 6.54 Å². The molecule has 5 heteroatoms. The maximum atomic E-state index is 4.25. The van der Waals surface area contributed by atoms with E-state index in [1.165, 1.54) is 31.9 Å². The van der Waals surface area contributed by atoms with Crippen molar-refractivity contribution < 1.29 is 4.57 Å². The van der Waals surface area contributed by atoms with Crippen LogP contribution >= 0.6 is 11.3 Å². The number of nitrogens with zero attached hydrogens (tertiary/aromatic N) is 4. The Balaban J connectivity index is 1.94. The van der Waals surface area contributed by atoms with Gasteiger partial charge in [-0.05, 0) is 6.07 Å². The second-order valence-corrected chi connectivity index (χ2v) is 5.77. The molecule has 5 rings (SSSR count). The number of hydrogen-bond donors (Lipinski definition) is 0. The predicted molar refractivity (Wildman–Crippen MR) is 73.1 cm³/mol. The first-order valence-corrected chi connectivity index (χ1v) is 6.94. The van der Waals surface area contributed by atoms with Crippen LogP contribution in [0.3, 0.4) is 0 Å². The van der Waals surface area contributed by atoms with E-state index in [1.807, 2.05) is 42.3 Å². The molecule has 1 aliphatic heterocycles. The van der Waals surface area contributed by atoms with Gasteiger partial charge in [0.15, 0.2) is 6.54 Å². The third-order valence-electron chi connectivity index (χ3n) is 3.71. The minimum atomic E-state index is 0.932. The summed E-state index contributed by atoms with van der Waals surface area (Å²) in [5.74, 6) is 0. The van der Waals surface area contributed by atoms with Crippen molar-refractivity contribution in [2.45, 2.75) is 6.54 Å². The van der Waals surface area contributed by atoms with Crippen molar-refractivity contribution in [1.82, 2.24) is 14.4 Å². The highest BCUT2D eigenvalue weighted by atomic mass is 32.1. The number of pyridine rings is 1. The molecule has 0 aliphatic carbocycles. The van der Waals surface area contributed by atoms with Gasteiger partial charge in [0, 0.05) is 36.5 Å². The zero-order valence-electron chi connectivity index (χ0n) is 9.95. The molecule has 4 aromatic heterocycles. The molecule has 5 heterocycles. The molecule has 0 radical (unpaired) electrons. The molecule has 0 fully saturated rings. The summed E-state index contributed by atoms with van der Waals surface area (Å²) in [7, 11) is 0. The quantitative estimate of drug-likeness (QED) is 0.402. The first kappa shape index (κ1) is 9.63. The summed E-state index contributed by atoms with van der Waals surface area (Å²) in [6.45, 7) is 0.932. The SMILES string of the molecule is c1cc2c(cn1)-c1sc3cn4ccncc4c3[n+]1C2. The van der Waals surface area contributed by atoms with Gasteiger partial charge in [-0.1, -0.05) is 11.3 Å². The van der Waals surface area contributed by atoms with Crippen LogP contribution in [-0.4, -0.2) is 14.4 Å². The molecule has 0 unspecified atom stereocenters. The van der Waals surface area contributed by atoms with Crippen molar-refractivity contribution in [2.75, 3.05) is 0 Å². The minimum absolute atomic E-state index is 0.932. The molecule has 1 aliphatic rings. The maximum Gasteiger partial charge on any atom is 0.272 e. The van der Waals surface area contributed by atoms with Gasteiger partial charge in [-0.25, -0.2) is 0 Å². The van der Waals surface area contributed by atoms with Crippen molar-refractivity contribution in [3.63, 3.8) is 0 Å². The molecule has 4 aromatic rings. The van der Waals surface area contributed by atoms with E-state index >= 15 is 0 Å². The first-order valence-electron chi connectivity index (χ1n) is 6.12. The minimum Gasteiger partial charge on any atom is -0.314 e. The molecule has 0 saturated heterocycles. The lowest BCUT2D eigenvalue weighted by molar-refractivity contribution is -0.641. The van der Waals surface area contributed by atoms with Crippen LogP contribution in [0.2, 0.25) is 0 Å². The molecular formula is C14H9N4S+. The Bertz CT molecular complexity index is 951. The number of thiazole rings is 1.